The Hall–Kier alpha value is -2.14. The maximum Gasteiger partial charge on any atom is 0.244 e. The van der Waals surface area contributed by atoms with E-state index in [9.17, 15) is 9.59 Å². The van der Waals surface area contributed by atoms with Crippen molar-refractivity contribution in [2.75, 3.05) is 11.9 Å². The van der Waals surface area contributed by atoms with E-state index in [0.29, 0.717) is 0 Å². The van der Waals surface area contributed by atoms with Gasteiger partial charge in [0.25, 0.3) is 0 Å². The highest BCUT2D eigenvalue weighted by Crippen LogP contribution is 2.38. The van der Waals surface area contributed by atoms with Crippen LogP contribution in [0.3, 0.4) is 0 Å². The molecule has 5 heteroatoms. The third-order valence-electron chi connectivity index (χ3n) is 4.94. The molecule has 3 rings (SSSR count). The summed E-state index contributed by atoms with van der Waals surface area (Å²) in [4.78, 5) is 27.5. The fourth-order valence-electron chi connectivity index (χ4n) is 3.55. The van der Waals surface area contributed by atoms with Crippen LogP contribution in [0.15, 0.2) is 53.0 Å². The summed E-state index contributed by atoms with van der Waals surface area (Å²) in [5.74, 6) is -0.208. The third-order valence-corrected chi connectivity index (χ3v) is 5.43. The number of hydrogen-bond donors (Lipinski definition) is 1. The topological polar surface area (TPSA) is 49.4 Å². The van der Waals surface area contributed by atoms with E-state index in [1.807, 2.05) is 62.4 Å². The van der Waals surface area contributed by atoms with Gasteiger partial charge in [-0.25, -0.2) is 0 Å². The molecule has 0 fully saturated rings. The van der Waals surface area contributed by atoms with Crippen LogP contribution >= 0.6 is 15.9 Å². The molecule has 26 heavy (non-hydrogen) atoms. The second-order valence-corrected chi connectivity index (χ2v) is 7.49. The molecule has 0 radical (unpaired) electrons. The molecule has 1 aliphatic heterocycles. The summed E-state index contributed by atoms with van der Waals surface area (Å²) in [6.45, 7) is 4.10. The predicted octanol–water partition coefficient (Wildman–Crippen LogP) is 4.76. The van der Waals surface area contributed by atoms with Crippen molar-refractivity contribution >= 4 is 33.4 Å². The van der Waals surface area contributed by atoms with Gasteiger partial charge in [0, 0.05) is 21.6 Å². The van der Waals surface area contributed by atoms with Crippen LogP contribution in [0.2, 0.25) is 0 Å². The highest BCUT2D eigenvalue weighted by atomic mass is 79.9. The van der Waals surface area contributed by atoms with E-state index in [1.165, 1.54) is 0 Å². The average molecular weight is 415 g/mol. The Balaban J connectivity index is 2.17. The first-order valence-electron chi connectivity index (χ1n) is 8.99. The molecule has 4 nitrogen and oxygen atoms in total. The van der Waals surface area contributed by atoms with Gasteiger partial charge in [-0.05, 0) is 36.6 Å². The molecule has 0 aromatic heterocycles. The Morgan fingerprint density at radius 1 is 1.19 bits per heavy atom. The van der Waals surface area contributed by atoms with Crippen molar-refractivity contribution in [2.24, 2.45) is 5.92 Å². The Labute approximate surface area is 162 Å². The number of halogens is 1. The van der Waals surface area contributed by atoms with Crippen molar-refractivity contribution in [1.82, 2.24) is 4.90 Å². The lowest BCUT2D eigenvalue weighted by Crippen LogP contribution is -2.42. The highest BCUT2D eigenvalue weighted by molar-refractivity contribution is 9.10. The summed E-state index contributed by atoms with van der Waals surface area (Å²) in [6.07, 6.45) is 1.53. The van der Waals surface area contributed by atoms with Crippen LogP contribution in [0.25, 0.3) is 0 Å². The van der Waals surface area contributed by atoms with Gasteiger partial charge in [0.05, 0.1) is 6.04 Å². The van der Waals surface area contributed by atoms with E-state index in [1.54, 1.807) is 4.90 Å². The number of amides is 2. The molecule has 136 valence electrons. The van der Waals surface area contributed by atoms with Crippen LogP contribution in [-0.4, -0.2) is 23.3 Å². The van der Waals surface area contributed by atoms with E-state index in [4.69, 9.17) is 0 Å². The standard InChI is InChI=1S/C21H23BrN2O2/c1-3-14(4-2)21(26)24-13-19(25)23-18-11-10-16(22)12-17(18)20(24)15-8-6-5-7-9-15/h5-12,14,20H,3-4,13H2,1-2H3,(H,23,25)/t20-/m1/s1. The second kappa shape index (κ2) is 8.04. The van der Waals surface area contributed by atoms with E-state index in [0.717, 1.165) is 34.1 Å². The van der Waals surface area contributed by atoms with Crippen LogP contribution < -0.4 is 5.32 Å². The molecule has 2 aromatic carbocycles. The van der Waals surface area contributed by atoms with Crippen molar-refractivity contribution in [3.05, 3.63) is 64.1 Å². The number of carbonyl (C=O) groups is 2. The number of rotatable bonds is 4. The van der Waals surface area contributed by atoms with E-state index >= 15 is 0 Å². The normalized spacial score (nSPS) is 16.8. The summed E-state index contributed by atoms with van der Waals surface area (Å²) in [5, 5.41) is 2.96. The van der Waals surface area contributed by atoms with E-state index in [-0.39, 0.29) is 30.3 Å². The zero-order valence-electron chi connectivity index (χ0n) is 15.0. The zero-order valence-corrected chi connectivity index (χ0v) is 16.6. The van der Waals surface area contributed by atoms with Crippen LogP contribution in [0, 0.1) is 5.92 Å². The lowest BCUT2D eigenvalue weighted by molar-refractivity contribution is -0.140. The number of hydrogen-bond acceptors (Lipinski definition) is 2. The maximum absolute atomic E-state index is 13.3. The van der Waals surface area contributed by atoms with Gasteiger partial charge >= 0.3 is 0 Å². The summed E-state index contributed by atoms with van der Waals surface area (Å²) in [5.41, 5.74) is 2.69. The second-order valence-electron chi connectivity index (χ2n) is 6.57. The van der Waals surface area contributed by atoms with Gasteiger partial charge in [0.2, 0.25) is 11.8 Å². The quantitative estimate of drug-likeness (QED) is 0.783. The summed E-state index contributed by atoms with van der Waals surface area (Å²) in [7, 11) is 0. The Morgan fingerprint density at radius 2 is 1.88 bits per heavy atom. The first kappa shape index (κ1) is 18.6. The van der Waals surface area contributed by atoms with Crippen LogP contribution in [0.5, 0.6) is 0 Å². The SMILES string of the molecule is CCC(CC)C(=O)N1CC(=O)Nc2ccc(Br)cc2[C@H]1c1ccccc1. The molecule has 0 saturated carbocycles. The van der Waals surface area contributed by atoms with E-state index in [2.05, 4.69) is 21.2 Å². The van der Waals surface area contributed by atoms with Gasteiger partial charge in [-0.1, -0.05) is 60.1 Å². The largest absolute Gasteiger partial charge is 0.324 e. The Morgan fingerprint density at radius 3 is 2.54 bits per heavy atom. The number of nitrogens with one attached hydrogen (secondary N) is 1. The van der Waals surface area contributed by atoms with Crippen LogP contribution in [-0.2, 0) is 9.59 Å². The van der Waals surface area contributed by atoms with Crippen molar-refractivity contribution in [3.63, 3.8) is 0 Å². The van der Waals surface area contributed by atoms with Crippen molar-refractivity contribution in [3.8, 4) is 0 Å². The fourth-order valence-corrected chi connectivity index (χ4v) is 3.93. The minimum absolute atomic E-state index is 0.0341. The Kier molecular flexibility index (Phi) is 5.77. The number of carbonyl (C=O) groups excluding carboxylic acids is 2. The molecule has 1 atom stereocenters. The fraction of sp³-hybridized carbons (Fsp3) is 0.333. The Bertz CT molecular complexity index is 803. The van der Waals surface area contributed by atoms with Crippen molar-refractivity contribution < 1.29 is 9.59 Å². The number of benzene rings is 2. The molecule has 0 saturated heterocycles. The lowest BCUT2D eigenvalue weighted by Gasteiger charge is -2.33. The molecule has 0 bridgehead atoms. The molecular formula is C21H23BrN2O2. The minimum Gasteiger partial charge on any atom is -0.324 e. The molecular weight excluding hydrogens is 392 g/mol. The molecule has 2 amide bonds. The first-order valence-corrected chi connectivity index (χ1v) is 9.79. The number of anilines is 1. The summed E-state index contributed by atoms with van der Waals surface area (Å²) < 4.78 is 0.920. The van der Waals surface area contributed by atoms with Gasteiger partial charge in [0.1, 0.15) is 6.54 Å². The monoisotopic (exact) mass is 414 g/mol. The van der Waals surface area contributed by atoms with Crippen LogP contribution in [0.4, 0.5) is 5.69 Å². The highest BCUT2D eigenvalue weighted by Gasteiger charge is 2.35. The smallest absolute Gasteiger partial charge is 0.244 e. The average Bonchev–Trinajstić information content (AvgIpc) is 2.79. The zero-order chi connectivity index (χ0) is 18.7. The van der Waals surface area contributed by atoms with Crippen LogP contribution in [0.1, 0.15) is 43.9 Å². The van der Waals surface area contributed by atoms with Gasteiger partial charge in [0.15, 0.2) is 0 Å². The predicted molar refractivity (Wildman–Crippen MR) is 107 cm³/mol. The van der Waals surface area contributed by atoms with Gasteiger partial charge in [-0.2, -0.15) is 0 Å². The summed E-state index contributed by atoms with van der Waals surface area (Å²) in [6, 6.07) is 15.4. The number of fused-ring (bicyclic) bond motifs is 1. The van der Waals surface area contributed by atoms with Gasteiger partial charge < -0.3 is 10.2 Å². The summed E-state index contributed by atoms with van der Waals surface area (Å²) >= 11 is 3.53. The molecule has 1 aliphatic rings. The van der Waals surface area contributed by atoms with Gasteiger partial charge in [-0.15, -0.1) is 0 Å². The minimum atomic E-state index is -0.296. The third kappa shape index (κ3) is 3.68. The maximum atomic E-state index is 13.3. The molecule has 2 aromatic rings. The molecule has 1 heterocycles. The lowest BCUT2D eigenvalue weighted by atomic mass is 9.93. The van der Waals surface area contributed by atoms with E-state index < -0.39 is 0 Å². The van der Waals surface area contributed by atoms with Crippen molar-refractivity contribution in [1.29, 1.82) is 0 Å². The van der Waals surface area contributed by atoms with Gasteiger partial charge in [-0.3, -0.25) is 9.59 Å². The molecule has 0 unspecified atom stereocenters. The molecule has 1 N–H and O–H groups in total. The molecule has 0 spiro atoms. The first-order chi connectivity index (χ1) is 12.5. The van der Waals surface area contributed by atoms with Crippen molar-refractivity contribution in [2.45, 2.75) is 32.7 Å². The number of nitrogens with zero attached hydrogens (tertiary/aromatic N) is 1. The molecule has 0 aliphatic carbocycles.